The van der Waals surface area contributed by atoms with Crippen molar-refractivity contribution >= 4 is 0 Å². The second-order valence-electron chi connectivity index (χ2n) is 3.54. The summed E-state index contributed by atoms with van der Waals surface area (Å²) in [4.78, 5) is 10.1. The summed E-state index contributed by atoms with van der Waals surface area (Å²) in [6.07, 6.45) is 0.689. The molecule has 1 rings (SSSR count). The first-order chi connectivity index (χ1) is 5.55. The Hall–Kier alpha value is -0.540. The molecule has 1 aliphatic carbocycles. The molecule has 70 valence electrons. The van der Waals surface area contributed by atoms with Crippen LogP contribution < -0.4 is 0 Å². The molecule has 2 nitrogen and oxygen atoms in total. The number of halogens is 2. The fourth-order valence-corrected chi connectivity index (χ4v) is 1.63. The Morgan fingerprint density at radius 1 is 1.42 bits per heavy atom. The smallest absolute Gasteiger partial charge is 0.207 e. The Bertz CT molecular complexity index is 162. The lowest BCUT2D eigenvalue weighted by Gasteiger charge is -2.29. The molecule has 0 aromatic rings. The van der Waals surface area contributed by atoms with E-state index < -0.39 is 5.92 Å². The topological polar surface area (TPSA) is 29.4 Å². The normalized spacial score (nSPS) is 26.6. The molecule has 1 saturated carbocycles. The summed E-state index contributed by atoms with van der Waals surface area (Å²) in [5.74, 6) is -2.43. The van der Waals surface area contributed by atoms with Gasteiger partial charge in [0.15, 0.2) is 0 Å². The van der Waals surface area contributed by atoms with Gasteiger partial charge in [0.25, 0.3) is 0 Å². The minimum Gasteiger partial charge on any atom is -0.207 e. The summed E-state index contributed by atoms with van der Waals surface area (Å²) in [6, 6.07) is -0.305. The van der Waals surface area contributed by atoms with Gasteiger partial charge in [-0.2, -0.15) is 4.91 Å². The Balaban J connectivity index is 2.40. The van der Waals surface area contributed by atoms with Gasteiger partial charge in [-0.1, -0.05) is 5.18 Å². The predicted octanol–water partition coefficient (Wildman–Crippen LogP) is 2.97. The van der Waals surface area contributed by atoms with E-state index in [-0.39, 0.29) is 24.8 Å². The average molecular weight is 177 g/mol. The molecular formula is C8H13F2NO. The number of nitrogens with zero attached hydrogens (tertiary/aromatic N) is 1. The molecule has 12 heavy (non-hydrogen) atoms. The second-order valence-corrected chi connectivity index (χ2v) is 3.54. The Kier molecular flexibility index (Phi) is 2.75. The van der Waals surface area contributed by atoms with Gasteiger partial charge in [0.2, 0.25) is 5.92 Å². The van der Waals surface area contributed by atoms with Gasteiger partial charge >= 0.3 is 0 Å². The SMILES string of the molecule is CC(N=O)C1CCC(F)(F)CC1. The van der Waals surface area contributed by atoms with Crippen molar-refractivity contribution < 1.29 is 8.78 Å². The highest BCUT2D eigenvalue weighted by Crippen LogP contribution is 2.37. The van der Waals surface area contributed by atoms with E-state index in [1.807, 2.05) is 0 Å². The molecule has 0 aromatic carbocycles. The molecule has 0 saturated heterocycles. The lowest BCUT2D eigenvalue weighted by atomic mass is 9.83. The molecule has 1 unspecified atom stereocenters. The van der Waals surface area contributed by atoms with Gasteiger partial charge in [-0.15, -0.1) is 0 Å². The molecule has 0 N–H and O–H groups in total. The zero-order chi connectivity index (χ0) is 9.19. The fourth-order valence-electron chi connectivity index (χ4n) is 1.63. The molecule has 0 radical (unpaired) electrons. The van der Waals surface area contributed by atoms with Crippen LogP contribution in [0.1, 0.15) is 32.6 Å². The zero-order valence-corrected chi connectivity index (χ0v) is 7.09. The van der Waals surface area contributed by atoms with Gasteiger partial charge in [0.1, 0.15) is 0 Å². The van der Waals surface area contributed by atoms with Crippen LogP contribution in [0.15, 0.2) is 5.18 Å². The van der Waals surface area contributed by atoms with Crippen molar-refractivity contribution in [3.05, 3.63) is 4.91 Å². The van der Waals surface area contributed by atoms with E-state index in [0.717, 1.165) is 0 Å². The number of hydrogen-bond acceptors (Lipinski definition) is 2. The van der Waals surface area contributed by atoms with Gasteiger partial charge in [0, 0.05) is 12.8 Å². The standard InChI is InChI=1S/C8H13F2NO/c1-6(11-12)7-2-4-8(9,10)5-3-7/h6-7H,2-5H2,1H3. The van der Waals surface area contributed by atoms with E-state index in [1.54, 1.807) is 6.92 Å². The third kappa shape index (κ3) is 2.22. The fraction of sp³-hybridized carbons (Fsp3) is 1.00. The van der Waals surface area contributed by atoms with Crippen molar-refractivity contribution in [2.75, 3.05) is 0 Å². The van der Waals surface area contributed by atoms with Crippen LogP contribution in [0, 0.1) is 10.8 Å². The molecule has 0 aromatic heterocycles. The lowest BCUT2D eigenvalue weighted by molar-refractivity contribution is -0.0475. The van der Waals surface area contributed by atoms with Crippen LogP contribution >= 0.6 is 0 Å². The quantitative estimate of drug-likeness (QED) is 0.596. The van der Waals surface area contributed by atoms with Crippen LogP contribution in [0.4, 0.5) is 8.78 Å². The van der Waals surface area contributed by atoms with Crippen LogP contribution in [-0.4, -0.2) is 12.0 Å². The largest absolute Gasteiger partial charge is 0.248 e. The van der Waals surface area contributed by atoms with Crippen LogP contribution in [-0.2, 0) is 0 Å². The molecule has 0 aliphatic heterocycles. The molecular weight excluding hydrogens is 164 g/mol. The molecule has 1 aliphatic rings. The van der Waals surface area contributed by atoms with Crippen LogP contribution in [0.25, 0.3) is 0 Å². The molecule has 1 fully saturated rings. The predicted molar refractivity (Wildman–Crippen MR) is 42.2 cm³/mol. The maximum Gasteiger partial charge on any atom is 0.248 e. The van der Waals surface area contributed by atoms with Crippen molar-refractivity contribution in [3.8, 4) is 0 Å². The lowest BCUT2D eigenvalue weighted by Crippen LogP contribution is -2.28. The Labute approximate surface area is 70.3 Å². The molecule has 1 atom stereocenters. The third-order valence-electron chi connectivity index (χ3n) is 2.61. The second kappa shape index (κ2) is 3.46. The Morgan fingerprint density at radius 2 is 1.92 bits per heavy atom. The van der Waals surface area contributed by atoms with Gasteiger partial charge in [-0.25, -0.2) is 8.78 Å². The number of rotatable bonds is 2. The van der Waals surface area contributed by atoms with E-state index >= 15 is 0 Å². The Morgan fingerprint density at radius 3 is 2.33 bits per heavy atom. The zero-order valence-electron chi connectivity index (χ0n) is 7.09. The van der Waals surface area contributed by atoms with Crippen molar-refractivity contribution in [1.29, 1.82) is 0 Å². The summed E-state index contributed by atoms with van der Waals surface area (Å²) in [5, 5.41) is 2.86. The van der Waals surface area contributed by atoms with Crippen LogP contribution in [0.2, 0.25) is 0 Å². The monoisotopic (exact) mass is 177 g/mol. The molecule has 4 heteroatoms. The van der Waals surface area contributed by atoms with Crippen LogP contribution in [0.5, 0.6) is 0 Å². The molecule has 0 heterocycles. The summed E-state index contributed by atoms with van der Waals surface area (Å²) in [7, 11) is 0. The minimum absolute atomic E-state index is 0.0714. The van der Waals surface area contributed by atoms with E-state index in [0.29, 0.717) is 12.8 Å². The summed E-state index contributed by atoms with van der Waals surface area (Å²) < 4.78 is 25.3. The average Bonchev–Trinajstić information content (AvgIpc) is 2.03. The third-order valence-corrected chi connectivity index (χ3v) is 2.61. The van der Waals surface area contributed by atoms with Crippen molar-refractivity contribution in [1.82, 2.24) is 0 Å². The van der Waals surface area contributed by atoms with Gasteiger partial charge in [0.05, 0.1) is 6.04 Å². The van der Waals surface area contributed by atoms with E-state index in [1.165, 1.54) is 0 Å². The first kappa shape index (κ1) is 9.55. The first-order valence-corrected chi connectivity index (χ1v) is 4.25. The molecule has 0 spiro atoms. The van der Waals surface area contributed by atoms with Crippen molar-refractivity contribution in [2.24, 2.45) is 11.1 Å². The van der Waals surface area contributed by atoms with Gasteiger partial charge < -0.3 is 0 Å². The minimum atomic E-state index is -2.50. The van der Waals surface area contributed by atoms with Gasteiger partial charge in [-0.3, -0.25) is 0 Å². The highest BCUT2D eigenvalue weighted by atomic mass is 19.3. The number of hydrogen-bond donors (Lipinski definition) is 0. The van der Waals surface area contributed by atoms with E-state index in [9.17, 15) is 13.7 Å². The summed E-state index contributed by atoms with van der Waals surface area (Å²) in [6.45, 7) is 1.70. The highest BCUT2D eigenvalue weighted by Gasteiger charge is 2.36. The molecule has 0 amide bonds. The number of alkyl halides is 2. The highest BCUT2D eigenvalue weighted by molar-refractivity contribution is 4.82. The van der Waals surface area contributed by atoms with Crippen molar-refractivity contribution in [3.63, 3.8) is 0 Å². The van der Waals surface area contributed by atoms with Gasteiger partial charge in [-0.05, 0) is 25.7 Å². The molecule has 0 bridgehead atoms. The summed E-state index contributed by atoms with van der Waals surface area (Å²) >= 11 is 0. The van der Waals surface area contributed by atoms with E-state index in [2.05, 4.69) is 5.18 Å². The maximum absolute atomic E-state index is 12.6. The summed E-state index contributed by atoms with van der Waals surface area (Å²) in [5.41, 5.74) is 0. The first-order valence-electron chi connectivity index (χ1n) is 4.25. The van der Waals surface area contributed by atoms with Crippen LogP contribution in [0.3, 0.4) is 0 Å². The maximum atomic E-state index is 12.6. The number of nitroso groups, excluding NO2 is 1. The van der Waals surface area contributed by atoms with Crippen molar-refractivity contribution in [2.45, 2.75) is 44.6 Å². The van der Waals surface area contributed by atoms with E-state index in [4.69, 9.17) is 0 Å².